The van der Waals surface area contributed by atoms with Gasteiger partial charge in [0.1, 0.15) is 0 Å². The van der Waals surface area contributed by atoms with Gasteiger partial charge in [-0.15, -0.1) is 0 Å². The highest BCUT2D eigenvalue weighted by Crippen LogP contribution is 2.47. The molecule has 1 unspecified atom stereocenters. The van der Waals surface area contributed by atoms with Gasteiger partial charge in [-0.2, -0.15) is 0 Å². The lowest BCUT2D eigenvalue weighted by molar-refractivity contribution is -0.111. The van der Waals surface area contributed by atoms with E-state index in [4.69, 9.17) is 0 Å². The van der Waals surface area contributed by atoms with Gasteiger partial charge in [0, 0.05) is 0 Å². The number of carbonyl (C=O) groups excluding carboxylic acids is 1. The maximum Gasteiger partial charge on any atom is 0.177 e. The molecule has 1 aliphatic carbocycles. The monoisotopic (exact) mass is 280 g/mol. The number of hydrogen-bond acceptors (Lipinski definition) is 2. The molecule has 0 aromatic rings. The molecule has 0 fully saturated rings. The molecule has 0 aliphatic heterocycles. The molecular formula is C16H28O2Si. The van der Waals surface area contributed by atoms with Gasteiger partial charge >= 0.3 is 0 Å². The van der Waals surface area contributed by atoms with Gasteiger partial charge in [-0.05, 0) is 47.0 Å². The zero-order chi connectivity index (χ0) is 15.0. The fourth-order valence-corrected chi connectivity index (χ4v) is 10.9. The molecule has 0 spiro atoms. The Hall–Kier alpha value is -0.673. The molecule has 1 atom stereocenters. The van der Waals surface area contributed by atoms with Crippen LogP contribution >= 0.6 is 0 Å². The molecule has 0 amide bonds. The van der Waals surface area contributed by atoms with E-state index in [-0.39, 0.29) is 5.78 Å². The molecule has 0 saturated carbocycles. The Morgan fingerprint density at radius 1 is 1.05 bits per heavy atom. The number of rotatable bonds is 4. The van der Waals surface area contributed by atoms with E-state index >= 15 is 0 Å². The number of allylic oxidation sites excluding steroid dienone is 2. The summed E-state index contributed by atoms with van der Waals surface area (Å²) in [4.78, 5) is 12.4. The van der Waals surface area contributed by atoms with Crippen molar-refractivity contribution in [3.63, 3.8) is 0 Å². The molecule has 0 heterocycles. The van der Waals surface area contributed by atoms with Crippen LogP contribution in [-0.2, 0) is 4.79 Å². The summed E-state index contributed by atoms with van der Waals surface area (Å²) in [5.41, 5.74) is 0.445. The molecule has 2 nitrogen and oxygen atoms in total. The fraction of sp³-hybridized carbons (Fsp3) is 0.688. The summed E-state index contributed by atoms with van der Waals surface area (Å²) in [7, 11) is -1.98. The lowest BCUT2D eigenvalue weighted by Gasteiger charge is -2.45. The maximum atomic E-state index is 12.4. The molecule has 1 aliphatic rings. The molecule has 0 aromatic carbocycles. The fourth-order valence-electron chi connectivity index (χ4n) is 4.02. The Labute approximate surface area is 118 Å². The number of aliphatic hydroxyl groups is 1. The zero-order valence-electron chi connectivity index (χ0n) is 13.3. The first kappa shape index (κ1) is 16.4. The lowest BCUT2D eigenvalue weighted by atomic mass is 10.00. The van der Waals surface area contributed by atoms with E-state index in [0.29, 0.717) is 16.6 Å². The minimum atomic E-state index is -1.98. The van der Waals surface area contributed by atoms with Crippen molar-refractivity contribution in [2.24, 2.45) is 0 Å². The first-order valence-electron chi connectivity index (χ1n) is 7.25. The molecule has 0 saturated heterocycles. The molecule has 1 rings (SSSR count). The molecule has 0 radical (unpaired) electrons. The lowest BCUT2D eigenvalue weighted by Crippen LogP contribution is -2.50. The van der Waals surface area contributed by atoms with Crippen LogP contribution in [0, 0.1) is 0 Å². The SMILES string of the molecule is CC(C)[Si](C1=CC(C)(O)C=CC1=O)(C(C)C)C(C)C. The zero-order valence-corrected chi connectivity index (χ0v) is 14.3. The van der Waals surface area contributed by atoms with Crippen molar-refractivity contribution in [3.8, 4) is 0 Å². The smallest absolute Gasteiger partial charge is 0.177 e. The van der Waals surface area contributed by atoms with Crippen molar-refractivity contribution in [1.82, 2.24) is 0 Å². The van der Waals surface area contributed by atoms with Gasteiger partial charge in [0.05, 0.1) is 13.7 Å². The normalized spacial score (nSPS) is 24.6. The maximum absolute atomic E-state index is 12.4. The van der Waals surface area contributed by atoms with E-state index in [0.717, 1.165) is 5.20 Å². The summed E-state index contributed by atoms with van der Waals surface area (Å²) in [6, 6.07) is 0. The van der Waals surface area contributed by atoms with Crippen LogP contribution in [0.15, 0.2) is 23.4 Å². The highest BCUT2D eigenvalue weighted by atomic mass is 28.3. The summed E-state index contributed by atoms with van der Waals surface area (Å²) in [6.07, 6.45) is 4.98. The minimum absolute atomic E-state index is 0.106. The first-order chi connectivity index (χ1) is 8.55. The molecule has 1 N–H and O–H groups in total. The van der Waals surface area contributed by atoms with Crippen LogP contribution < -0.4 is 0 Å². The summed E-state index contributed by atoms with van der Waals surface area (Å²) >= 11 is 0. The molecule has 3 heteroatoms. The second-order valence-corrected chi connectivity index (χ2v) is 12.7. The van der Waals surface area contributed by atoms with E-state index in [2.05, 4.69) is 41.5 Å². The van der Waals surface area contributed by atoms with Crippen molar-refractivity contribution in [3.05, 3.63) is 23.4 Å². The molecule has 108 valence electrons. The van der Waals surface area contributed by atoms with Gasteiger partial charge in [-0.1, -0.05) is 41.5 Å². The van der Waals surface area contributed by atoms with Gasteiger partial charge in [-0.25, -0.2) is 0 Å². The van der Waals surface area contributed by atoms with E-state index in [9.17, 15) is 9.90 Å². The number of ketones is 1. The number of hydrogen-bond donors (Lipinski definition) is 1. The third kappa shape index (κ3) is 2.77. The Balaban J connectivity index is 3.49. The summed E-state index contributed by atoms with van der Waals surface area (Å²) in [5, 5.41) is 11.2. The summed E-state index contributed by atoms with van der Waals surface area (Å²) in [5.74, 6) is 0.106. The topological polar surface area (TPSA) is 37.3 Å². The van der Waals surface area contributed by atoms with Gasteiger partial charge in [0.25, 0.3) is 0 Å². The van der Waals surface area contributed by atoms with Crippen LogP contribution in [0.25, 0.3) is 0 Å². The minimum Gasteiger partial charge on any atom is -0.382 e. The predicted octanol–water partition coefficient (Wildman–Crippen LogP) is 4.02. The van der Waals surface area contributed by atoms with Crippen molar-refractivity contribution >= 4 is 13.9 Å². The van der Waals surface area contributed by atoms with Gasteiger partial charge < -0.3 is 5.11 Å². The van der Waals surface area contributed by atoms with E-state index in [1.54, 1.807) is 19.1 Å². The van der Waals surface area contributed by atoms with E-state index in [1.165, 1.54) is 0 Å². The Kier molecular flexibility index (Phi) is 4.63. The predicted molar refractivity (Wildman–Crippen MR) is 83.9 cm³/mol. The van der Waals surface area contributed by atoms with Crippen molar-refractivity contribution in [2.45, 2.75) is 70.7 Å². The molecule has 0 aromatic heterocycles. The van der Waals surface area contributed by atoms with Gasteiger partial charge in [-0.3, -0.25) is 4.79 Å². The highest BCUT2D eigenvalue weighted by Gasteiger charge is 2.49. The van der Waals surface area contributed by atoms with E-state index in [1.807, 2.05) is 6.08 Å². The van der Waals surface area contributed by atoms with Crippen LogP contribution in [0.2, 0.25) is 16.6 Å². The number of carbonyl (C=O) groups is 1. The highest BCUT2D eigenvalue weighted by molar-refractivity contribution is 6.93. The van der Waals surface area contributed by atoms with Gasteiger partial charge in [0.2, 0.25) is 0 Å². The van der Waals surface area contributed by atoms with Gasteiger partial charge in [0.15, 0.2) is 5.78 Å². The van der Waals surface area contributed by atoms with Crippen LogP contribution in [-0.4, -0.2) is 24.6 Å². The average molecular weight is 280 g/mol. The third-order valence-electron chi connectivity index (χ3n) is 4.61. The average Bonchev–Trinajstić information content (AvgIpc) is 2.22. The van der Waals surface area contributed by atoms with Crippen molar-refractivity contribution in [2.75, 3.05) is 0 Å². The molecule has 19 heavy (non-hydrogen) atoms. The second kappa shape index (κ2) is 5.37. The van der Waals surface area contributed by atoms with Crippen LogP contribution in [0.4, 0.5) is 0 Å². The Morgan fingerprint density at radius 2 is 1.47 bits per heavy atom. The van der Waals surface area contributed by atoms with E-state index < -0.39 is 13.7 Å². The standard InChI is InChI=1S/C16H28O2Si/c1-11(2)19(12(3)4,13(5)6)15-10-16(7,18)9-8-14(15)17/h8-13,18H,1-7H3. The Bertz CT molecular complexity index is 393. The van der Waals surface area contributed by atoms with Crippen LogP contribution in [0.1, 0.15) is 48.5 Å². The second-order valence-electron chi connectivity index (χ2n) is 6.88. The third-order valence-corrected chi connectivity index (χ3v) is 11.7. The summed E-state index contributed by atoms with van der Waals surface area (Å²) in [6.45, 7) is 15.1. The first-order valence-corrected chi connectivity index (χ1v) is 9.48. The van der Waals surface area contributed by atoms with Crippen LogP contribution in [0.5, 0.6) is 0 Å². The van der Waals surface area contributed by atoms with Crippen molar-refractivity contribution < 1.29 is 9.90 Å². The summed E-state index contributed by atoms with van der Waals surface area (Å²) < 4.78 is 0. The van der Waals surface area contributed by atoms with Crippen molar-refractivity contribution in [1.29, 1.82) is 0 Å². The van der Waals surface area contributed by atoms with Crippen LogP contribution in [0.3, 0.4) is 0 Å². The molecule has 0 bridgehead atoms. The largest absolute Gasteiger partial charge is 0.382 e. The quantitative estimate of drug-likeness (QED) is 0.790. The molecular weight excluding hydrogens is 252 g/mol. The Morgan fingerprint density at radius 3 is 1.84 bits per heavy atom.